The number of amides is 1. The second-order valence-corrected chi connectivity index (χ2v) is 9.84. The standard InChI is InChI=1S/C20H26ClN3O4S/c1-13(20(25)22-12-16-5-4-6-18(21)11-16)17-7-9-24(10-8-17)29(26,27)19-14(2)23-28-15(19)3/h4-6,11,13,17H,7-10,12H2,1-3H3,(H,22,25)/t13-/m1/s1. The molecule has 2 aromatic rings. The Bertz CT molecular complexity index is 962. The molecule has 1 aromatic heterocycles. The zero-order chi connectivity index (χ0) is 21.2. The van der Waals surface area contributed by atoms with Crippen molar-refractivity contribution in [2.75, 3.05) is 13.1 Å². The second kappa shape index (κ2) is 8.85. The van der Waals surface area contributed by atoms with Crippen molar-refractivity contribution in [3.05, 3.63) is 46.3 Å². The number of carbonyl (C=O) groups excluding carboxylic acids is 1. The van der Waals surface area contributed by atoms with Crippen LogP contribution in [0.4, 0.5) is 0 Å². The summed E-state index contributed by atoms with van der Waals surface area (Å²) in [6.45, 7) is 6.31. The first-order valence-corrected chi connectivity index (χ1v) is 11.5. The molecule has 3 rings (SSSR count). The van der Waals surface area contributed by atoms with E-state index in [1.165, 1.54) is 4.31 Å². The van der Waals surface area contributed by atoms with E-state index in [9.17, 15) is 13.2 Å². The number of sulfonamides is 1. The van der Waals surface area contributed by atoms with Gasteiger partial charge in [-0.05, 0) is 50.3 Å². The Balaban J connectivity index is 1.56. The van der Waals surface area contributed by atoms with Gasteiger partial charge in [0.25, 0.3) is 0 Å². The number of aryl methyl sites for hydroxylation is 2. The highest BCUT2D eigenvalue weighted by molar-refractivity contribution is 7.89. The molecule has 2 heterocycles. The van der Waals surface area contributed by atoms with Crippen LogP contribution >= 0.6 is 11.6 Å². The Kier molecular flexibility index (Phi) is 6.65. The molecule has 1 saturated heterocycles. The average Bonchev–Trinajstić information content (AvgIpc) is 3.04. The van der Waals surface area contributed by atoms with Gasteiger partial charge in [-0.3, -0.25) is 4.79 Å². The van der Waals surface area contributed by atoms with Gasteiger partial charge in [-0.25, -0.2) is 8.42 Å². The molecule has 1 amide bonds. The van der Waals surface area contributed by atoms with E-state index in [1.54, 1.807) is 19.9 Å². The lowest BCUT2D eigenvalue weighted by molar-refractivity contribution is -0.126. The van der Waals surface area contributed by atoms with E-state index in [0.29, 0.717) is 49.0 Å². The molecule has 0 aliphatic carbocycles. The summed E-state index contributed by atoms with van der Waals surface area (Å²) in [5.74, 6) is 0.207. The number of halogens is 1. The normalized spacial score (nSPS) is 17.2. The van der Waals surface area contributed by atoms with E-state index in [0.717, 1.165) is 5.56 Å². The van der Waals surface area contributed by atoms with Gasteiger partial charge in [0.15, 0.2) is 5.76 Å². The lowest BCUT2D eigenvalue weighted by Gasteiger charge is -2.33. The number of rotatable bonds is 6. The minimum Gasteiger partial charge on any atom is -0.360 e. The molecule has 0 spiro atoms. The maximum atomic E-state index is 12.9. The van der Waals surface area contributed by atoms with E-state index in [4.69, 9.17) is 16.1 Å². The number of aromatic nitrogens is 1. The van der Waals surface area contributed by atoms with Crippen molar-refractivity contribution in [2.45, 2.75) is 45.1 Å². The van der Waals surface area contributed by atoms with Crippen LogP contribution < -0.4 is 5.32 Å². The van der Waals surface area contributed by atoms with Gasteiger partial charge >= 0.3 is 0 Å². The SMILES string of the molecule is Cc1noc(C)c1S(=O)(=O)N1CCC([C@@H](C)C(=O)NCc2cccc(Cl)c2)CC1. The summed E-state index contributed by atoms with van der Waals surface area (Å²) in [7, 11) is -3.64. The van der Waals surface area contributed by atoms with Crippen LogP contribution in [0.15, 0.2) is 33.7 Å². The lowest BCUT2D eigenvalue weighted by atomic mass is 9.85. The van der Waals surface area contributed by atoms with Gasteiger partial charge in [0.1, 0.15) is 10.6 Å². The van der Waals surface area contributed by atoms with Gasteiger partial charge in [-0.1, -0.05) is 35.8 Å². The van der Waals surface area contributed by atoms with Gasteiger partial charge in [0.2, 0.25) is 15.9 Å². The van der Waals surface area contributed by atoms with Crippen molar-refractivity contribution < 1.29 is 17.7 Å². The van der Waals surface area contributed by atoms with Gasteiger partial charge in [0.05, 0.1) is 0 Å². The van der Waals surface area contributed by atoms with E-state index in [-0.39, 0.29) is 22.6 Å². The van der Waals surface area contributed by atoms with Crippen molar-refractivity contribution in [3.8, 4) is 0 Å². The highest BCUT2D eigenvalue weighted by atomic mass is 35.5. The Labute approximate surface area is 176 Å². The van der Waals surface area contributed by atoms with Crippen molar-refractivity contribution in [1.82, 2.24) is 14.8 Å². The van der Waals surface area contributed by atoms with Crippen molar-refractivity contribution in [3.63, 3.8) is 0 Å². The largest absolute Gasteiger partial charge is 0.360 e. The summed E-state index contributed by atoms with van der Waals surface area (Å²) in [5, 5.41) is 7.34. The van der Waals surface area contributed by atoms with Crippen LogP contribution in [0.1, 0.15) is 36.8 Å². The molecule has 0 bridgehead atoms. The van der Waals surface area contributed by atoms with Crippen LogP contribution in [0.3, 0.4) is 0 Å². The first-order chi connectivity index (χ1) is 13.7. The third-order valence-corrected chi connectivity index (χ3v) is 7.92. The topological polar surface area (TPSA) is 92.5 Å². The lowest BCUT2D eigenvalue weighted by Crippen LogP contribution is -2.42. The van der Waals surface area contributed by atoms with Gasteiger partial charge < -0.3 is 9.84 Å². The number of nitrogens with zero attached hydrogens (tertiary/aromatic N) is 2. The summed E-state index contributed by atoms with van der Waals surface area (Å²) >= 11 is 5.98. The molecule has 0 unspecified atom stereocenters. The Morgan fingerprint density at radius 3 is 2.62 bits per heavy atom. The highest BCUT2D eigenvalue weighted by Gasteiger charge is 2.36. The van der Waals surface area contributed by atoms with E-state index in [2.05, 4.69) is 10.5 Å². The fourth-order valence-corrected chi connectivity index (χ4v) is 5.77. The van der Waals surface area contributed by atoms with E-state index < -0.39 is 10.0 Å². The minimum absolute atomic E-state index is 0.0305. The molecule has 1 atom stereocenters. The fraction of sp³-hybridized carbons (Fsp3) is 0.500. The maximum absolute atomic E-state index is 12.9. The fourth-order valence-electron chi connectivity index (χ4n) is 3.80. The molecule has 9 heteroatoms. The predicted octanol–water partition coefficient (Wildman–Crippen LogP) is 3.30. The summed E-state index contributed by atoms with van der Waals surface area (Å²) in [4.78, 5) is 12.7. The van der Waals surface area contributed by atoms with Crippen molar-refractivity contribution in [1.29, 1.82) is 0 Å². The average molecular weight is 440 g/mol. The smallest absolute Gasteiger partial charge is 0.248 e. The van der Waals surface area contributed by atoms with Crippen LogP contribution in [-0.4, -0.2) is 36.9 Å². The molecule has 0 radical (unpaired) electrons. The zero-order valence-electron chi connectivity index (χ0n) is 16.8. The van der Waals surface area contributed by atoms with Crippen LogP contribution in [0.2, 0.25) is 5.02 Å². The van der Waals surface area contributed by atoms with Crippen LogP contribution in [-0.2, 0) is 21.4 Å². The Morgan fingerprint density at radius 2 is 2.03 bits per heavy atom. The molecular formula is C20H26ClN3O4S. The van der Waals surface area contributed by atoms with Crippen molar-refractivity contribution in [2.24, 2.45) is 11.8 Å². The van der Waals surface area contributed by atoms with Crippen LogP contribution in [0.25, 0.3) is 0 Å². The molecule has 1 N–H and O–H groups in total. The second-order valence-electron chi connectivity index (χ2n) is 7.53. The number of benzene rings is 1. The first-order valence-electron chi connectivity index (χ1n) is 9.65. The Morgan fingerprint density at radius 1 is 1.34 bits per heavy atom. The quantitative estimate of drug-likeness (QED) is 0.745. The molecule has 29 heavy (non-hydrogen) atoms. The third kappa shape index (κ3) is 4.82. The molecule has 1 aromatic carbocycles. The molecule has 1 aliphatic rings. The number of carbonyl (C=O) groups is 1. The van der Waals surface area contributed by atoms with Crippen LogP contribution in [0.5, 0.6) is 0 Å². The number of hydrogen-bond acceptors (Lipinski definition) is 5. The summed E-state index contributed by atoms with van der Waals surface area (Å²) in [5.41, 5.74) is 1.32. The molecule has 158 valence electrons. The van der Waals surface area contributed by atoms with Gasteiger partial charge in [-0.2, -0.15) is 4.31 Å². The third-order valence-electron chi connectivity index (χ3n) is 5.54. The first kappa shape index (κ1) is 21.8. The number of hydrogen-bond donors (Lipinski definition) is 1. The van der Waals surface area contributed by atoms with E-state index in [1.807, 2.05) is 25.1 Å². The van der Waals surface area contributed by atoms with Crippen molar-refractivity contribution >= 4 is 27.5 Å². The van der Waals surface area contributed by atoms with Crippen LogP contribution in [0, 0.1) is 25.7 Å². The minimum atomic E-state index is -3.64. The summed E-state index contributed by atoms with van der Waals surface area (Å²) in [6.07, 6.45) is 1.27. The summed E-state index contributed by atoms with van der Waals surface area (Å²) < 4.78 is 32.3. The Hall–Kier alpha value is -1.90. The number of nitrogens with one attached hydrogen (secondary N) is 1. The molecule has 1 fully saturated rings. The van der Waals surface area contributed by atoms with E-state index >= 15 is 0 Å². The molecule has 1 aliphatic heterocycles. The molecular weight excluding hydrogens is 414 g/mol. The monoisotopic (exact) mass is 439 g/mol. The number of piperidine rings is 1. The molecule has 7 nitrogen and oxygen atoms in total. The highest BCUT2D eigenvalue weighted by Crippen LogP contribution is 2.30. The van der Waals surface area contributed by atoms with Gasteiger partial charge in [-0.15, -0.1) is 0 Å². The maximum Gasteiger partial charge on any atom is 0.248 e. The summed E-state index contributed by atoms with van der Waals surface area (Å²) in [6, 6.07) is 7.38. The molecule has 0 saturated carbocycles. The van der Waals surface area contributed by atoms with Gasteiger partial charge in [0, 0.05) is 30.6 Å². The zero-order valence-corrected chi connectivity index (χ0v) is 18.4. The predicted molar refractivity (Wildman–Crippen MR) is 110 cm³/mol.